The van der Waals surface area contributed by atoms with Crippen molar-refractivity contribution in [1.29, 1.82) is 0 Å². The molecule has 0 saturated carbocycles. The Hall–Kier alpha value is -1.40. The number of anilines is 2. The summed E-state index contributed by atoms with van der Waals surface area (Å²) in [6.45, 7) is 6.26. The van der Waals surface area contributed by atoms with Crippen molar-refractivity contribution in [3.8, 4) is 0 Å². The molecule has 0 aliphatic rings. The van der Waals surface area contributed by atoms with Crippen LogP contribution in [0.3, 0.4) is 0 Å². The van der Waals surface area contributed by atoms with Gasteiger partial charge in [-0.25, -0.2) is 4.98 Å². The van der Waals surface area contributed by atoms with Gasteiger partial charge in [-0.3, -0.25) is 10.1 Å². The lowest BCUT2D eigenvalue weighted by Gasteiger charge is -2.14. The molecule has 1 aromatic carbocycles. The Morgan fingerprint density at radius 2 is 2.10 bits per heavy atom. The number of aromatic nitrogens is 1. The van der Waals surface area contributed by atoms with Crippen molar-refractivity contribution in [3.05, 3.63) is 39.3 Å². The van der Waals surface area contributed by atoms with Gasteiger partial charge >= 0.3 is 0 Å². The van der Waals surface area contributed by atoms with E-state index < -0.39 is 0 Å². The summed E-state index contributed by atoms with van der Waals surface area (Å²) >= 11 is 4.73. The standard InChI is InChI=1S/C14H16BrN3OS/c1-14(2,3)11-7-20-13(17-11)18-12(19)8-4-5-9(15)10(16)6-8/h4-7H,16H2,1-3H3,(H,17,18,19). The van der Waals surface area contributed by atoms with Crippen molar-refractivity contribution in [3.63, 3.8) is 0 Å². The highest BCUT2D eigenvalue weighted by molar-refractivity contribution is 9.10. The van der Waals surface area contributed by atoms with Crippen LogP contribution in [0, 0.1) is 0 Å². The molecular weight excluding hydrogens is 338 g/mol. The predicted octanol–water partition coefficient (Wildman–Crippen LogP) is 4.04. The van der Waals surface area contributed by atoms with Gasteiger partial charge in [0.2, 0.25) is 0 Å². The van der Waals surface area contributed by atoms with E-state index in [1.54, 1.807) is 18.2 Å². The second-order valence-electron chi connectivity index (χ2n) is 5.48. The van der Waals surface area contributed by atoms with Crippen molar-refractivity contribution in [2.24, 2.45) is 0 Å². The SMILES string of the molecule is CC(C)(C)c1csc(NC(=O)c2ccc(Br)c(N)c2)n1. The quantitative estimate of drug-likeness (QED) is 0.800. The van der Waals surface area contributed by atoms with E-state index in [-0.39, 0.29) is 11.3 Å². The summed E-state index contributed by atoms with van der Waals surface area (Å²) < 4.78 is 0.776. The number of carbonyl (C=O) groups excluding carboxylic acids is 1. The van der Waals surface area contributed by atoms with Gasteiger partial charge in [0.1, 0.15) is 0 Å². The molecule has 0 atom stereocenters. The molecule has 0 radical (unpaired) electrons. The Labute approximate surface area is 130 Å². The molecule has 20 heavy (non-hydrogen) atoms. The number of nitrogens with one attached hydrogen (secondary N) is 1. The maximum atomic E-state index is 12.1. The number of halogens is 1. The highest BCUT2D eigenvalue weighted by Gasteiger charge is 2.18. The number of benzene rings is 1. The normalized spacial score (nSPS) is 11.4. The van der Waals surface area contributed by atoms with E-state index in [0.717, 1.165) is 10.2 Å². The first-order valence-corrected chi connectivity index (χ1v) is 7.77. The second-order valence-corrected chi connectivity index (χ2v) is 7.19. The third kappa shape index (κ3) is 3.37. The first kappa shape index (κ1) is 15.0. The van der Waals surface area contributed by atoms with Crippen LogP contribution in [-0.4, -0.2) is 10.9 Å². The minimum atomic E-state index is -0.209. The van der Waals surface area contributed by atoms with Crippen LogP contribution < -0.4 is 11.1 Å². The zero-order valence-corrected chi connectivity index (χ0v) is 13.9. The predicted molar refractivity (Wildman–Crippen MR) is 87.3 cm³/mol. The van der Waals surface area contributed by atoms with Gasteiger partial charge in [0.15, 0.2) is 5.13 Å². The average molecular weight is 354 g/mol. The lowest BCUT2D eigenvalue weighted by molar-refractivity contribution is 0.102. The molecule has 1 amide bonds. The molecule has 0 unspecified atom stereocenters. The smallest absolute Gasteiger partial charge is 0.257 e. The van der Waals surface area contributed by atoms with E-state index in [0.29, 0.717) is 16.4 Å². The van der Waals surface area contributed by atoms with Crippen LogP contribution >= 0.6 is 27.3 Å². The molecule has 106 valence electrons. The van der Waals surface area contributed by atoms with Gasteiger partial charge in [0.25, 0.3) is 5.91 Å². The van der Waals surface area contributed by atoms with E-state index in [4.69, 9.17) is 5.73 Å². The molecular formula is C14H16BrN3OS. The zero-order chi connectivity index (χ0) is 14.9. The fourth-order valence-corrected chi connectivity index (χ4v) is 2.71. The summed E-state index contributed by atoms with van der Waals surface area (Å²) in [5.41, 5.74) is 7.76. The lowest BCUT2D eigenvalue weighted by atomic mass is 9.93. The largest absolute Gasteiger partial charge is 0.398 e. The molecule has 0 bridgehead atoms. The van der Waals surface area contributed by atoms with Crippen LogP contribution in [0.1, 0.15) is 36.8 Å². The highest BCUT2D eigenvalue weighted by Crippen LogP contribution is 2.27. The van der Waals surface area contributed by atoms with Crippen LogP contribution in [0.15, 0.2) is 28.1 Å². The van der Waals surface area contributed by atoms with Gasteiger partial charge in [0.05, 0.1) is 5.69 Å². The summed E-state index contributed by atoms with van der Waals surface area (Å²) in [5, 5.41) is 5.36. The molecule has 0 fully saturated rings. The minimum Gasteiger partial charge on any atom is -0.398 e. The number of hydrogen-bond donors (Lipinski definition) is 2. The molecule has 0 aliphatic carbocycles. The van der Waals surface area contributed by atoms with Crippen molar-refractivity contribution in [1.82, 2.24) is 4.98 Å². The van der Waals surface area contributed by atoms with Gasteiger partial charge in [-0.1, -0.05) is 20.8 Å². The van der Waals surface area contributed by atoms with E-state index >= 15 is 0 Å². The van der Waals surface area contributed by atoms with Crippen molar-refractivity contribution in [2.45, 2.75) is 26.2 Å². The van der Waals surface area contributed by atoms with Crippen LogP contribution in [0.5, 0.6) is 0 Å². The van der Waals surface area contributed by atoms with Gasteiger partial charge in [-0.2, -0.15) is 0 Å². The molecule has 6 heteroatoms. The van der Waals surface area contributed by atoms with E-state index in [2.05, 4.69) is 47.0 Å². The summed E-state index contributed by atoms with van der Waals surface area (Å²) in [4.78, 5) is 16.6. The highest BCUT2D eigenvalue weighted by atomic mass is 79.9. The number of nitrogens with zero attached hydrogens (tertiary/aromatic N) is 1. The van der Waals surface area contributed by atoms with Crippen molar-refractivity contribution in [2.75, 3.05) is 11.1 Å². The Balaban J connectivity index is 2.15. The lowest BCUT2D eigenvalue weighted by Crippen LogP contribution is -2.14. The molecule has 0 aliphatic heterocycles. The van der Waals surface area contributed by atoms with E-state index in [1.807, 2.05) is 5.38 Å². The van der Waals surface area contributed by atoms with Crippen LogP contribution in [0.4, 0.5) is 10.8 Å². The third-order valence-corrected chi connectivity index (χ3v) is 4.23. The molecule has 2 aromatic rings. The summed E-state index contributed by atoms with van der Waals surface area (Å²) in [5.74, 6) is -0.209. The Morgan fingerprint density at radius 1 is 1.40 bits per heavy atom. The Kier molecular flexibility index (Phi) is 4.15. The maximum absolute atomic E-state index is 12.1. The number of nitrogen functional groups attached to an aromatic ring is 1. The fourth-order valence-electron chi connectivity index (χ4n) is 1.53. The van der Waals surface area contributed by atoms with Gasteiger partial charge in [0, 0.05) is 26.5 Å². The number of carbonyl (C=O) groups is 1. The summed E-state index contributed by atoms with van der Waals surface area (Å²) in [7, 11) is 0. The monoisotopic (exact) mass is 353 g/mol. The van der Waals surface area contributed by atoms with Gasteiger partial charge < -0.3 is 5.73 Å². The summed E-state index contributed by atoms with van der Waals surface area (Å²) in [6, 6.07) is 5.11. The number of nitrogens with two attached hydrogens (primary N) is 1. The molecule has 0 saturated heterocycles. The van der Waals surface area contributed by atoms with E-state index in [1.165, 1.54) is 11.3 Å². The van der Waals surface area contributed by atoms with Crippen LogP contribution in [0.25, 0.3) is 0 Å². The van der Waals surface area contributed by atoms with Crippen molar-refractivity contribution < 1.29 is 4.79 Å². The molecule has 1 heterocycles. The molecule has 3 N–H and O–H groups in total. The molecule has 0 spiro atoms. The van der Waals surface area contributed by atoms with E-state index in [9.17, 15) is 4.79 Å². The fraction of sp³-hybridized carbons (Fsp3) is 0.286. The average Bonchev–Trinajstić information content (AvgIpc) is 2.81. The van der Waals surface area contributed by atoms with Crippen molar-refractivity contribution >= 4 is 44.0 Å². The Morgan fingerprint density at radius 3 is 2.65 bits per heavy atom. The first-order valence-electron chi connectivity index (χ1n) is 6.10. The molecule has 1 aromatic heterocycles. The number of amides is 1. The maximum Gasteiger partial charge on any atom is 0.257 e. The Bertz CT molecular complexity index is 646. The molecule has 2 rings (SSSR count). The van der Waals surface area contributed by atoms with Gasteiger partial charge in [-0.15, -0.1) is 11.3 Å². The second kappa shape index (κ2) is 5.54. The third-order valence-electron chi connectivity index (χ3n) is 2.75. The minimum absolute atomic E-state index is 0.0263. The number of hydrogen-bond acceptors (Lipinski definition) is 4. The molecule has 4 nitrogen and oxygen atoms in total. The summed E-state index contributed by atoms with van der Waals surface area (Å²) in [6.07, 6.45) is 0. The zero-order valence-electron chi connectivity index (χ0n) is 11.5. The first-order chi connectivity index (χ1) is 9.27. The topological polar surface area (TPSA) is 68.0 Å². The van der Waals surface area contributed by atoms with Crippen LogP contribution in [0.2, 0.25) is 0 Å². The van der Waals surface area contributed by atoms with Gasteiger partial charge in [-0.05, 0) is 34.1 Å². The van der Waals surface area contributed by atoms with Crippen LogP contribution in [-0.2, 0) is 5.41 Å². The number of thiazole rings is 1. The number of rotatable bonds is 2.